The highest BCUT2D eigenvalue weighted by Crippen LogP contribution is 2.28. The first-order chi connectivity index (χ1) is 18.6. The molecule has 1 fully saturated rings. The van der Waals surface area contributed by atoms with E-state index in [0.29, 0.717) is 40.2 Å². The van der Waals surface area contributed by atoms with Gasteiger partial charge in [0.2, 0.25) is 5.91 Å². The van der Waals surface area contributed by atoms with E-state index in [1.165, 1.54) is 17.4 Å². The van der Waals surface area contributed by atoms with Crippen molar-refractivity contribution in [2.45, 2.75) is 44.3 Å². The number of H-pyrrole nitrogens is 1. The topological polar surface area (TPSA) is 128 Å². The normalized spacial score (nSPS) is 21.3. The van der Waals surface area contributed by atoms with Crippen LogP contribution in [-0.2, 0) is 17.8 Å². The van der Waals surface area contributed by atoms with Crippen LogP contribution in [0.3, 0.4) is 0 Å². The van der Waals surface area contributed by atoms with E-state index < -0.39 is 23.6 Å². The highest BCUT2D eigenvalue weighted by molar-refractivity contribution is 7.13. The van der Waals surface area contributed by atoms with E-state index in [9.17, 15) is 19.2 Å². The summed E-state index contributed by atoms with van der Waals surface area (Å²) >= 11 is 7.41. The quantitative estimate of drug-likeness (QED) is 0.432. The Balaban J connectivity index is 1.37. The summed E-state index contributed by atoms with van der Waals surface area (Å²) in [6, 6.07) is 5.61. The molecule has 206 valence electrons. The van der Waals surface area contributed by atoms with Gasteiger partial charge in [-0.1, -0.05) is 17.7 Å². The van der Waals surface area contributed by atoms with Crippen LogP contribution >= 0.6 is 22.9 Å². The summed E-state index contributed by atoms with van der Waals surface area (Å²) in [7, 11) is 5.45. The first kappa shape index (κ1) is 27.3. The standard InChI is InChI=1S/C27H31ClN6O4S/c1-33(2)27(38)15-5-7-18(29-23(35)17-10-14-4-6-16(28)12-20(14)30-24(17)36)21(11-15)31-25(37)26-32-19-8-9-34(3)13-22(19)39-26/h4,6,10,12,15,18,21H,5,7-9,11,13H2,1-3H3,(H,29,35)(H,30,36)(H,31,37)/t15-,18-,21+/m0/s1. The molecule has 1 saturated carbocycles. The number of halogens is 1. The highest BCUT2D eigenvalue weighted by atomic mass is 35.5. The lowest BCUT2D eigenvalue weighted by molar-refractivity contribution is -0.134. The summed E-state index contributed by atoms with van der Waals surface area (Å²) in [5.41, 5.74) is 0.930. The SMILES string of the molecule is CN1CCc2nc(C(=O)N[C@@H]3C[C@@H](C(=O)N(C)C)CC[C@@H]3NC(=O)c3cc4ccc(Cl)cc4[nH]c3=O)sc2C1. The number of likely N-dealkylation sites (N-methyl/N-ethyl adjacent to an activating group) is 1. The van der Waals surface area contributed by atoms with Crippen LogP contribution < -0.4 is 16.2 Å². The molecule has 3 aromatic rings. The van der Waals surface area contributed by atoms with Crippen molar-refractivity contribution in [1.82, 2.24) is 30.4 Å². The Morgan fingerprint density at radius 3 is 2.67 bits per heavy atom. The Hall–Kier alpha value is -3.28. The summed E-state index contributed by atoms with van der Waals surface area (Å²) in [5, 5.41) is 7.53. The van der Waals surface area contributed by atoms with Gasteiger partial charge in [-0.25, -0.2) is 4.98 Å². The number of amides is 3. The van der Waals surface area contributed by atoms with Crippen molar-refractivity contribution in [1.29, 1.82) is 0 Å². The van der Waals surface area contributed by atoms with Crippen LogP contribution in [0.25, 0.3) is 10.9 Å². The van der Waals surface area contributed by atoms with Gasteiger partial charge in [0.05, 0.1) is 11.7 Å². The fourth-order valence-electron chi connectivity index (χ4n) is 5.33. The van der Waals surface area contributed by atoms with Gasteiger partial charge in [0.15, 0.2) is 5.01 Å². The number of pyridine rings is 1. The molecule has 1 aliphatic carbocycles. The summed E-state index contributed by atoms with van der Waals surface area (Å²) in [5.74, 6) is -1.16. The number of hydrogen-bond acceptors (Lipinski definition) is 7. The lowest BCUT2D eigenvalue weighted by Crippen LogP contribution is -2.56. The number of thiazole rings is 1. The number of fused-ring (bicyclic) bond motifs is 2. The summed E-state index contributed by atoms with van der Waals surface area (Å²) in [4.78, 5) is 64.2. The minimum absolute atomic E-state index is 0.0172. The monoisotopic (exact) mass is 570 g/mol. The second-order valence-corrected chi connectivity index (χ2v) is 12.0. The lowest BCUT2D eigenvalue weighted by atomic mass is 9.81. The van der Waals surface area contributed by atoms with Gasteiger partial charge in [0, 0.05) is 61.0 Å². The van der Waals surface area contributed by atoms with E-state index in [1.54, 1.807) is 37.2 Å². The number of benzene rings is 1. The average Bonchev–Trinajstić information content (AvgIpc) is 3.32. The van der Waals surface area contributed by atoms with Crippen LogP contribution in [-0.4, -0.2) is 77.3 Å². The van der Waals surface area contributed by atoms with Crippen molar-refractivity contribution in [2.75, 3.05) is 27.7 Å². The predicted molar refractivity (Wildman–Crippen MR) is 150 cm³/mol. The maximum absolute atomic E-state index is 13.3. The van der Waals surface area contributed by atoms with Crippen molar-refractivity contribution in [3.05, 3.63) is 60.8 Å². The van der Waals surface area contributed by atoms with Crippen LogP contribution in [0.2, 0.25) is 5.02 Å². The van der Waals surface area contributed by atoms with Crippen LogP contribution in [0.4, 0.5) is 0 Å². The van der Waals surface area contributed by atoms with Gasteiger partial charge in [0.25, 0.3) is 17.4 Å². The number of nitrogens with one attached hydrogen (secondary N) is 3. The molecule has 0 saturated heterocycles. The second kappa shape index (κ2) is 11.1. The average molecular weight is 571 g/mol. The summed E-state index contributed by atoms with van der Waals surface area (Å²) < 4.78 is 0. The molecule has 39 heavy (non-hydrogen) atoms. The zero-order valence-electron chi connectivity index (χ0n) is 22.0. The van der Waals surface area contributed by atoms with Crippen LogP contribution in [0.1, 0.15) is 50.0 Å². The maximum Gasteiger partial charge on any atom is 0.280 e. The predicted octanol–water partition coefficient (Wildman–Crippen LogP) is 2.41. The molecule has 10 nitrogen and oxygen atoms in total. The van der Waals surface area contributed by atoms with E-state index in [4.69, 9.17) is 11.6 Å². The third kappa shape index (κ3) is 5.85. The molecule has 0 spiro atoms. The number of carbonyl (C=O) groups is 3. The van der Waals surface area contributed by atoms with Crippen LogP contribution in [0, 0.1) is 5.92 Å². The molecule has 0 radical (unpaired) electrons. The molecular weight excluding hydrogens is 540 g/mol. The highest BCUT2D eigenvalue weighted by Gasteiger charge is 2.37. The van der Waals surface area contributed by atoms with Gasteiger partial charge in [-0.15, -0.1) is 11.3 Å². The summed E-state index contributed by atoms with van der Waals surface area (Å²) in [6.07, 6.45) is 2.19. The minimum atomic E-state index is -0.539. The van der Waals surface area contributed by atoms with Gasteiger partial charge in [-0.3, -0.25) is 19.2 Å². The number of nitrogens with zero attached hydrogens (tertiary/aromatic N) is 3. The molecule has 2 aromatic heterocycles. The molecule has 12 heteroatoms. The van der Waals surface area contributed by atoms with Gasteiger partial charge >= 0.3 is 0 Å². The smallest absolute Gasteiger partial charge is 0.280 e. The van der Waals surface area contributed by atoms with Crippen LogP contribution in [0.15, 0.2) is 29.1 Å². The molecule has 0 bridgehead atoms. The third-order valence-electron chi connectivity index (χ3n) is 7.44. The van der Waals surface area contributed by atoms with E-state index >= 15 is 0 Å². The second-order valence-electron chi connectivity index (χ2n) is 10.5. The lowest BCUT2D eigenvalue weighted by Gasteiger charge is -2.37. The number of hydrogen-bond donors (Lipinski definition) is 3. The van der Waals surface area contributed by atoms with Crippen molar-refractivity contribution in [3.63, 3.8) is 0 Å². The first-order valence-electron chi connectivity index (χ1n) is 12.9. The van der Waals surface area contributed by atoms with E-state index in [-0.39, 0.29) is 23.3 Å². The molecule has 1 aliphatic heterocycles. The Kier molecular flexibility index (Phi) is 7.75. The largest absolute Gasteiger partial charge is 0.349 e. The van der Waals surface area contributed by atoms with Crippen molar-refractivity contribution in [2.24, 2.45) is 5.92 Å². The fourth-order valence-corrected chi connectivity index (χ4v) is 6.59. The molecule has 1 aromatic carbocycles. The van der Waals surface area contributed by atoms with Crippen LogP contribution in [0.5, 0.6) is 0 Å². The first-order valence-corrected chi connectivity index (χ1v) is 14.1. The molecular formula is C27H31ClN6O4S. The molecule has 5 rings (SSSR count). The van der Waals surface area contributed by atoms with E-state index in [2.05, 4.69) is 25.5 Å². The molecule has 0 unspecified atom stereocenters. The Bertz CT molecular complexity index is 1500. The zero-order chi connectivity index (χ0) is 27.8. The number of carbonyl (C=O) groups excluding carboxylic acids is 3. The fraction of sp³-hybridized carbons (Fsp3) is 0.444. The Morgan fingerprint density at radius 2 is 1.90 bits per heavy atom. The van der Waals surface area contributed by atoms with Crippen molar-refractivity contribution < 1.29 is 14.4 Å². The minimum Gasteiger partial charge on any atom is -0.349 e. The number of rotatable bonds is 5. The molecule has 3 N–H and O–H groups in total. The van der Waals surface area contributed by atoms with Gasteiger partial charge in [0.1, 0.15) is 5.56 Å². The van der Waals surface area contributed by atoms with E-state index in [0.717, 1.165) is 30.1 Å². The van der Waals surface area contributed by atoms with Crippen molar-refractivity contribution in [3.8, 4) is 0 Å². The zero-order valence-corrected chi connectivity index (χ0v) is 23.6. The Morgan fingerprint density at radius 1 is 1.13 bits per heavy atom. The molecule has 3 amide bonds. The third-order valence-corrected chi connectivity index (χ3v) is 8.76. The number of aromatic nitrogens is 2. The number of aromatic amines is 1. The van der Waals surface area contributed by atoms with Crippen molar-refractivity contribution >= 4 is 51.6 Å². The van der Waals surface area contributed by atoms with Gasteiger partial charge in [-0.2, -0.15) is 0 Å². The van der Waals surface area contributed by atoms with Gasteiger partial charge in [-0.05, 0) is 49.9 Å². The Labute approximate surface area is 234 Å². The molecule has 3 atom stereocenters. The van der Waals surface area contributed by atoms with Gasteiger partial charge < -0.3 is 25.4 Å². The maximum atomic E-state index is 13.3. The molecule has 3 heterocycles. The molecule has 2 aliphatic rings. The van der Waals surface area contributed by atoms with E-state index in [1.807, 2.05) is 7.05 Å². The summed E-state index contributed by atoms with van der Waals surface area (Å²) in [6.45, 7) is 1.65.